The van der Waals surface area contributed by atoms with Crippen LogP contribution in [-0.2, 0) is 26.0 Å². The van der Waals surface area contributed by atoms with E-state index in [0.717, 1.165) is 5.56 Å². The van der Waals surface area contributed by atoms with Crippen molar-refractivity contribution in [3.05, 3.63) is 65.2 Å². The molecule has 154 valence electrons. The van der Waals surface area contributed by atoms with E-state index in [9.17, 15) is 18.0 Å². The lowest BCUT2D eigenvalue weighted by Gasteiger charge is -2.17. The van der Waals surface area contributed by atoms with Crippen molar-refractivity contribution < 1.29 is 22.7 Å². The molecule has 2 aromatic carbocycles. The summed E-state index contributed by atoms with van der Waals surface area (Å²) >= 11 is 5.81. The van der Waals surface area contributed by atoms with Crippen LogP contribution in [0.25, 0.3) is 0 Å². The van der Waals surface area contributed by atoms with Gasteiger partial charge < -0.3 is 15.0 Å². The predicted octanol–water partition coefficient (Wildman–Crippen LogP) is 2.64. The van der Waals surface area contributed by atoms with Gasteiger partial charge in [-0.1, -0.05) is 41.9 Å². The van der Waals surface area contributed by atoms with Gasteiger partial charge in [-0.25, -0.2) is 13.2 Å². The van der Waals surface area contributed by atoms with Gasteiger partial charge in [0.2, 0.25) is 5.91 Å². The maximum Gasteiger partial charge on any atom is 0.407 e. The minimum Gasteiger partial charge on any atom is -0.445 e. The second kappa shape index (κ2) is 9.28. The summed E-state index contributed by atoms with van der Waals surface area (Å²) in [5.74, 6) is -0.351. The largest absolute Gasteiger partial charge is 0.445 e. The molecule has 1 aliphatic heterocycles. The molecule has 1 aliphatic rings. The molecular formula is C20H21ClN2O5S. The zero-order valence-corrected chi connectivity index (χ0v) is 17.2. The summed E-state index contributed by atoms with van der Waals surface area (Å²) in [5, 5.41) is 2.18. The van der Waals surface area contributed by atoms with Gasteiger partial charge in [0.05, 0.1) is 10.1 Å². The van der Waals surface area contributed by atoms with Crippen molar-refractivity contribution in [3.63, 3.8) is 0 Å². The van der Waals surface area contributed by atoms with Crippen LogP contribution in [0.4, 0.5) is 4.79 Å². The van der Waals surface area contributed by atoms with Crippen molar-refractivity contribution in [1.82, 2.24) is 10.2 Å². The van der Waals surface area contributed by atoms with Crippen LogP contribution in [0.1, 0.15) is 12.0 Å². The number of hydrogen-bond acceptors (Lipinski definition) is 5. The Hall–Kier alpha value is -2.58. The topological polar surface area (TPSA) is 92.8 Å². The lowest BCUT2D eigenvalue weighted by atomic mass is 10.2. The molecule has 9 heteroatoms. The highest BCUT2D eigenvalue weighted by atomic mass is 35.5. The summed E-state index contributed by atoms with van der Waals surface area (Å²) in [6.45, 7) is 0.259. The zero-order chi connectivity index (χ0) is 20.9. The van der Waals surface area contributed by atoms with Gasteiger partial charge in [-0.15, -0.1) is 0 Å². The van der Waals surface area contributed by atoms with Crippen LogP contribution in [-0.4, -0.2) is 50.2 Å². The van der Waals surface area contributed by atoms with Crippen LogP contribution in [0.2, 0.25) is 5.02 Å². The third-order valence-electron chi connectivity index (χ3n) is 4.68. The Morgan fingerprint density at radius 2 is 1.79 bits per heavy atom. The molecule has 7 nitrogen and oxygen atoms in total. The van der Waals surface area contributed by atoms with Gasteiger partial charge in [-0.2, -0.15) is 0 Å². The molecule has 0 aliphatic carbocycles. The van der Waals surface area contributed by atoms with Crippen LogP contribution in [0.3, 0.4) is 0 Å². The molecule has 29 heavy (non-hydrogen) atoms. The quantitative estimate of drug-likeness (QED) is 0.751. The van der Waals surface area contributed by atoms with Gasteiger partial charge >= 0.3 is 6.09 Å². The summed E-state index contributed by atoms with van der Waals surface area (Å²) in [4.78, 5) is 25.7. The summed E-state index contributed by atoms with van der Waals surface area (Å²) in [5.41, 5.74) is 0.837. The fourth-order valence-electron chi connectivity index (χ4n) is 3.06. The normalized spacial score (nSPS) is 16.4. The van der Waals surface area contributed by atoms with Crippen molar-refractivity contribution in [2.45, 2.75) is 23.2 Å². The predicted molar refractivity (Wildman–Crippen MR) is 108 cm³/mol. The lowest BCUT2D eigenvalue weighted by Crippen LogP contribution is -2.40. The molecule has 1 atom stereocenters. The number of halogens is 1. The highest BCUT2D eigenvalue weighted by molar-refractivity contribution is 7.92. The van der Waals surface area contributed by atoms with Crippen LogP contribution >= 0.6 is 11.6 Å². The van der Waals surface area contributed by atoms with Crippen molar-refractivity contribution in [2.75, 3.05) is 19.6 Å². The second-order valence-corrected chi connectivity index (χ2v) is 9.33. The Bertz CT molecular complexity index is 964. The smallest absolute Gasteiger partial charge is 0.407 e. The first-order chi connectivity index (χ1) is 13.9. The average molecular weight is 437 g/mol. The molecule has 0 bridgehead atoms. The van der Waals surface area contributed by atoms with E-state index in [2.05, 4.69) is 5.32 Å². The number of nitrogens with zero attached hydrogens (tertiary/aromatic N) is 1. The van der Waals surface area contributed by atoms with Gasteiger partial charge in [-0.3, -0.25) is 4.79 Å². The number of carbonyl (C=O) groups excluding carboxylic acids is 2. The molecule has 0 radical (unpaired) electrons. The SMILES string of the molecule is O=C(NCC(=O)N1CC[C@H](S(=O)(=O)c2ccc(Cl)cc2)C1)OCc1ccccc1. The molecule has 2 amide bonds. The highest BCUT2D eigenvalue weighted by Gasteiger charge is 2.36. The van der Waals surface area contributed by atoms with Gasteiger partial charge in [0.25, 0.3) is 0 Å². The Kier molecular flexibility index (Phi) is 6.76. The molecular weight excluding hydrogens is 416 g/mol. The highest BCUT2D eigenvalue weighted by Crippen LogP contribution is 2.25. The van der Waals surface area contributed by atoms with E-state index in [1.54, 1.807) is 0 Å². The number of rotatable bonds is 6. The molecule has 0 spiro atoms. The summed E-state index contributed by atoms with van der Waals surface area (Å²) in [6, 6.07) is 15.2. The first kappa shape index (κ1) is 21.1. The molecule has 0 unspecified atom stereocenters. The number of nitrogens with one attached hydrogen (secondary N) is 1. The first-order valence-corrected chi connectivity index (χ1v) is 11.0. The molecule has 2 aromatic rings. The Morgan fingerprint density at radius 1 is 1.10 bits per heavy atom. The zero-order valence-electron chi connectivity index (χ0n) is 15.6. The molecule has 0 aromatic heterocycles. The first-order valence-electron chi connectivity index (χ1n) is 9.08. The van der Waals surface area contributed by atoms with Gasteiger partial charge in [0.15, 0.2) is 9.84 Å². The summed E-state index contributed by atoms with van der Waals surface area (Å²) in [6.07, 6.45) is -0.360. The Balaban J connectivity index is 1.47. The number of sulfone groups is 1. The lowest BCUT2D eigenvalue weighted by molar-refractivity contribution is -0.129. The fourth-order valence-corrected chi connectivity index (χ4v) is 4.88. The van der Waals surface area contributed by atoms with Crippen LogP contribution in [0, 0.1) is 0 Å². The van der Waals surface area contributed by atoms with E-state index in [1.165, 1.54) is 29.2 Å². The van der Waals surface area contributed by atoms with Gasteiger partial charge in [0.1, 0.15) is 13.2 Å². The molecule has 0 saturated carbocycles. The van der Waals surface area contributed by atoms with E-state index < -0.39 is 21.2 Å². The molecule has 1 saturated heterocycles. The number of amides is 2. The van der Waals surface area contributed by atoms with Crippen molar-refractivity contribution in [2.24, 2.45) is 0 Å². The van der Waals surface area contributed by atoms with E-state index in [0.29, 0.717) is 18.0 Å². The monoisotopic (exact) mass is 436 g/mol. The van der Waals surface area contributed by atoms with Gasteiger partial charge in [-0.05, 0) is 36.2 Å². The number of hydrogen-bond donors (Lipinski definition) is 1. The number of likely N-dealkylation sites (tertiary alicyclic amines) is 1. The van der Waals surface area contributed by atoms with Crippen LogP contribution < -0.4 is 5.32 Å². The van der Waals surface area contributed by atoms with Crippen LogP contribution in [0.5, 0.6) is 0 Å². The van der Waals surface area contributed by atoms with Gasteiger partial charge in [0, 0.05) is 18.1 Å². The number of carbonyl (C=O) groups is 2. The maximum absolute atomic E-state index is 12.7. The van der Waals surface area contributed by atoms with E-state index in [4.69, 9.17) is 16.3 Å². The Morgan fingerprint density at radius 3 is 2.48 bits per heavy atom. The standard InChI is InChI=1S/C20H21ClN2O5S/c21-16-6-8-17(9-7-16)29(26,27)18-10-11-23(13-18)19(24)12-22-20(25)28-14-15-4-2-1-3-5-15/h1-9,18H,10-14H2,(H,22,25)/t18-/m0/s1. The fraction of sp³-hybridized carbons (Fsp3) is 0.300. The minimum absolute atomic E-state index is 0.0878. The molecule has 1 fully saturated rings. The number of alkyl carbamates (subject to hydrolysis) is 1. The number of ether oxygens (including phenoxy) is 1. The average Bonchev–Trinajstić information content (AvgIpc) is 3.23. The summed E-state index contributed by atoms with van der Waals surface area (Å²) in [7, 11) is -3.56. The van der Waals surface area contributed by atoms with E-state index in [1.807, 2.05) is 30.3 Å². The number of benzene rings is 2. The van der Waals surface area contributed by atoms with Crippen LogP contribution in [0.15, 0.2) is 59.5 Å². The van der Waals surface area contributed by atoms with Crippen molar-refractivity contribution in [1.29, 1.82) is 0 Å². The third kappa shape index (κ3) is 5.48. The second-order valence-electron chi connectivity index (χ2n) is 6.66. The van der Waals surface area contributed by atoms with E-state index in [-0.39, 0.29) is 30.5 Å². The maximum atomic E-state index is 12.7. The van der Waals surface area contributed by atoms with Crippen molar-refractivity contribution >= 4 is 33.4 Å². The Labute approximate surface area is 174 Å². The third-order valence-corrected chi connectivity index (χ3v) is 7.12. The molecule has 1 N–H and O–H groups in total. The minimum atomic E-state index is -3.56. The van der Waals surface area contributed by atoms with E-state index >= 15 is 0 Å². The summed E-state index contributed by atoms with van der Waals surface area (Å²) < 4.78 is 30.5. The molecule has 1 heterocycles. The van der Waals surface area contributed by atoms with Crippen molar-refractivity contribution in [3.8, 4) is 0 Å². The molecule has 3 rings (SSSR count).